The van der Waals surface area contributed by atoms with Gasteiger partial charge in [0.1, 0.15) is 0 Å². The van der Waals surface area contributed by atoms with Crippen molar-refractivity contribution in [1.29, 1.82) is 0 Å². The summed E-state index contributed by atoms with van der Waals surface area (Å²) >= 11 is 0. The van der Waals surface area contributed by atoms with Gasteiger partial charge in [-0.25, -0.2) is 0 Å². The molecule has 0 atom stereocenters. The third-order valence-electron chi connectivity index (χ3n) is 2.70. The molecule has 0 saturated carbocycles. The van der Waals surface area contributed by atoms with Gasteiger partial charge >= 0.3 is 0 Å². The number of hydrogen-bond acceptors (Lipinski definition) is 1. The highest BCUT2D eigenvalue weighted by Gasteiger charge is 2.09. The average Bonchev–Trinajstić information content (AvgIpc) is 2.18. The van der Waals surface area contributed by atoms with Gasteiger partial charge in [-0.15, -0.1) is 0 Å². The summed E-state index contributed by atoms with van der Waals surface area (Å²) in [4.78, 5) is 0. The van der Waals surface area contributed by atoms with E-state index in [1.807, 2.05) is 6.08 Å². The topological polar surface area (TPSA) is 12.0 Å². The van der Waals surface area contributed by atoms with Gasteiger partial charge in [0.25, 0.3) is 0 Å². The molecule has 0 heterocycles. The number of rotatable bonds is 6. The maximum absolute atomic E-state index is 3.92. The van der Waals surface area contributed by atoms with E-state index in [0.29, 0.717) is 5.92 Å². The van der Waals surface area contributed by atoms with E-state index >= 15 is 0 Å². The summed E-state index contributed by atoms with van der Waals surface area (Å²) in [6, 6.07) is 0. The highest BCUT2D eigenvalue weighted by atomic mass is 14.9. The molecule has 92 valence electrons. The Hall–Kier alpha value is -0.980. The molecule has 0 radical (unpaired) electrons. The predicted molar refractivity (Wildman–Crippen MR) is 74.4 cm³/mol. The van der Waals surface area contributed by atoms with Crippen LogP contribution in [0.2, 0.25) is 0 Å². The highest BCUT2D eigenvalue weighted by Crippen LogP contribution is 2.22. The zero-order valence-corrected chi connectivity index (χ0v) is 11.8. The lowest BCUT2D eigenvalue weighted by molar-refractivity contribution is 0.743. The molecule has 0 aliphatic rings. The van der Waals surface area contributed by atoms with E-state index in [-0.39, 0.29) is 0 Å². The lowest BCUT2D eigenvalue weighted by atomic mass is 9.95. The number of nitrogens with one attached hydrogen (secondary N) is 1. The minimum atomic E-state index is 0.523. The third kappa shape index (κ3) is 4.26. The zero-order valence-electron chi connectivity index (χ0n) is 11.8. The molecule has 0 aliphatic heterocycles. The van der Waals surface area contributed by atoms with Crippen LogP contribution in [0.5, 0.6) is 0 Å². The van der Waals surface area contributed by atoms with E-state index in [0.717, 1.165) is 13.0 Å². The third-order valence-corrected chi connectivity index (χ3v) is 2.70. The van der Waals surface area contributed by atoms with Gasteiger partial charge < -0.3 is 5.32 Å². The fourth-order valence-electron chi connectivity index (χ4n) is 1.90. The summed E-state index contributed by atoms with van der Waals surface area (Å²) in [6.45, 7) is 18.0. The normalized spacial score (nSPS) is 12.2. The Balaban J connectivity index is 5.22. The summed E-state index contributed by atoms with van der Waals surface area (Å²) in [6.07, 6.45) is 3.13. The van der Waals surface area contributed by atoms with Crippen LogP contribution in [0.15, 0.2) is 35.1 Å². The Morgan fingerprint density at radius 2 is 1.81 bits per heavy atom. The van der Waals surface area contributed by atoms with Crippen molar-refractivity contribution in [2.75, 3.05) is 6.54 Å². The van der Waals surface area contributed by atoms with Crippen LogP contribution in [0.1, 0.15) is 48.0 Å². The van der Waals surface area contributed by atoms with Gasteiger partial charge in [0.15, 0.2) is 0 Å². The molecule has 1 N–H and O–H groups in total. The van der Waals surface area contributed by atoms with Crippen LogP contribution < -0.4 is 5.32 Å². The molecule has 0 bridgehead atoms. The maximum Gasteiger partial charge on any atom is 0.0358 e. The second-order valence-electron chi connectivity index (χ2n) is 4.74. The van der Waals surface area contributed by atoms with Crippen molar-refractivity contribution in [2.45, 2.75) is 48.0 Å². The average molecular weight is 221 g/mol. The van der Waals surface area contributed by atoms with Crippen molar-refractivity contribution in [3.05, 3.63) is 35.1 Å². The van der Waals surface area contributed by atoms with Crippen LogP contribution in [0, 0.1) is 5.92 Å². The molecule has 0 aromatic carbocycles. The lowest BCUT2D eigenvalue weighted by Gasteiger charge is -2.18. The summed E-state index contributed by atoms with van der Waals surface area (Å²) < 4.78 is 0. The van der Waals surface area contributed by atoms with E-state index in [1.165, 1.54) is 22.4 Å². The van der Waals surface area contributed by atoms with Gasteiger partial charge in [0.2, 0.25) is 0 Å². The molecular weight excluding hydrogens is 194 g/mol. The Morgan fingerprint density at radius 1 is 1.25 bits per heavy atom. The maximum atomic E-state index is 3.92. The van der Waals surface area contributed by atoms with Crippen LogP contribution in [-0.4, -0.2) is 6.54 Å². The van der Waals surface area contributed by atoms with Crippen molar-refractivity contribution in [1.82, 2.24) is 5.32 Å². The second-order valence-corrected chi connectivity index (χ2v) is 4.74. The van der Waals surface area contributed by atoms with Crippen molar-refractivity contribution >= 4 is 0 Å². The first-order chi connectivity index (χ1) is 7.45. The molecule has 0 rings (SSSR count). The summed E-state index contributed by atoms with van der Waals surface area (Å²) in [5.41, 5.74) is 5.29. The standard InChI is InChI=1S/C15H27N/c1-8-10-16-15(12(5)6)13(7)14(9-2)11(3)4/h9,11,16H,2,8,10H2,1,3-7H3/b14-13+. The first kappa shape index (κ1) is 15.0. The van der Waals surface area contributed by atoms with E-state index in [9.17, 15) is 0 Å². The van der Waals surface area contributed by atoms with Gasteiger partial charge in [-0.3, -0.25) is 0 Å². The minimum absolute atomic E-state index is 0.523. The summed E-state index contributed by atoms with van der Waals surface area (Å²) in [5.74, 6) is 0.523. The van der Waals surface area contributed by atoms with Crippen molar-refractivity contribution < 1.29 is 0 Å². The summed E-state index contributed by atoms with van der Waals surface area (Å²) in [7, 11) is 0. The van der Waals surface area contributed by atoms with Gasteiger partial charge in [-0.05, 0) is 44.3 Å². The molecule has 0 aliphatic carbocycles. The minimum Gasteiger partial charge on any atom is -0.385 e. The Labute approximate surface area is 101 Å². The molecule has 16 heavy (non-hydrogen) atoms. The molecular formula is C15H27N. The molecule has 1 nitrogen and oxygen atoms in total. The molecule has 0 aromatic heterocycles. The molecule has 0 spiro atoms. The van der Waals surface area contributed by atoms with E-state index in [2.05, 4.69) is 53.4 Å². The molecule has 0 unspecified atom stereocenters. The largest absolute Gasteiger partial charge is 0.385 e. The Morgan fingerprint density at radius 3 is 2.12 bits per heavy atom. The number of allylic oxidation sites excluding steroid dienone is 4. The number of hydrogen-bond donors (Lipinski definition) is 1. The summed E-state index contributed by atoms with van der Waals surface area (Å²) in [5, 5.41) is 3.51. The zero-order chi connectivity index (χ0) is 12.7. The quantitative estimate of drug-likeness (QED) is 0.654. The molecule has 1 heteroatoms. The highest BCUT2D eigenvalue weighted by molar-refractivity contribution is 5.40. The van der Waals surface area contributed by atoms with Crippen LogP contribution in [0.3, 0.4) is 0 Å². The molecule has 0 fully saturated rings. The predicted octanol–water partition coefficient (Wildman–Crippen LogP) is 4.44. The lowest BCUT2D eigenvalue weighted by Crippen LogP contribution is -2.17. The van der Waals surface area contributed by atoms with Crippen LogP contribution in [-0.2, 0) is 0 Å². The first-order valence-electron chi connectivity index (χ1n) is 6.20. The first-order valence-corrected chi connectivity index (χ1v) is 6.20. The molecule has 0 amide bonds. The van der Waals surface area contributed by atoms with E-state index in [1.54, 1.807) is 0 Å². The SMILES string of the molecule is C=C/C(=C(/C)C(NCCC)=C(C)C)C(C)C. The van der Waals surface area contributed by atoms with Crippen LogP contribution in [0.4, 0.5) is 0 Å². The fourth-order valence-corrected chi connectivity index (χ4v) is 1.90. The monoisotopic (exact) mass is 221 g/mol. The molecule has 0 aromatic rings. The van der Waals surface area contributed by atoms with E-state index in [4.69, 9.17) is 0 Å². The van der Waals surface area contributed by atoms with Crippen molar-refractivity contribution in [3.8, 4) is 0 Å². The Bertz CT molecular complexity index is 289. The smallest absolute Gasteiger partial charge is 0.0358 e. The Kier molecular flexibility index (Phi) is 6.87. The van der Waals surface area contributed by atoms with Crippen LogP contribution in [0.25, 0.3) is 0 Å². The van der Waals surface area contributed by atoms with Crippen molar-refractivity contribution in [2.24, 2.45) is 5.92 Å². The fraction of sp³-hybridized carbons (Fsp3) is 0.600. The van der Waals surface area contributed by atoms with Gasteiger partial charge in [0.05, 0.1) is 0 Å². The van der Waals surface area contributed by atoms with Gasteiger partial charge in [-0.1, -0.05) is 39.0 Å². The second kappa shape index (κ2) is 7.32. The van der Waals surface area contributed by atoms with Crippen LogP contribution >= 0.6 is 0 Å². The van der Waals surface area contributed by atoms with E-state index < -0.39 is 0 Å². The van der Waals surface area contributed by atoms with Gasteiger partial charge in [-0.2, -0.15) is 0 Å². The molecule has 0 saturated heterocycles. The van der Waals surface area contributed by atoms with Crippen molar-refractivity contribution in [3.63, 3.8) is 0 Å². The van der Waals surface area contributed by atoms with Gasteiger partial charge in [0, 0.05) is 12.2 Å².